The Hall–Kier alpha value is -2.36. The maximum absolute atomic E-state index is 13.1. The molecule has 0 radical (unpaired) electrons. The minimum atomic E-state index is -0.201. The highest BCUT2D eigenvalue weighted by Gasteiger charge is 2.66. The number of hydrogen-bond donors (Lipinski definition) is 0. The molecule has 1 aromatic rings. The lowest BCUT2D eigenvalue weighted by Gasteiger charge is -2.69. The van der Waals surface area contributed by atoms with Crippen molar-refractivity contribution in [3.05, 3.63) is 59.2 Å². The fraction of sp³-hybridized carbons (Fsp3) is 0.692. The average Bonchev–Trinajstić information content (AvgIpc) is 2.96. The van der Waals surface area contributed by atoms with E-state index in [1.807, 2.05) is 30.3 Å². The molecule has 234 valence electrons. The molecule has 0 amide bonds. The molecule has 0 heterocycles. The van der Waals surface area contributed by atoms with Gasteiger partial charge in [0.1, 0.15) is 6.10 Å². The lowest BCUT2D eigenvalue weighted by atomic mass is 9.36. The second-order valence-corrected chi connectivity index (χ2v) is 17.0. The summed E-state index contributed by atoms with van der Waals surface area (Å²) in [5, 5.41) is 0. The summed E-state index contributed by atoms with van der Waals surface area (Å²) in [7, 11) is 0. The number of allylic oxidation sites excluding steroid dienone is 4. The van der Waals surface area contributed by atoms with Gasteiger partial charge in [-0.25, -0.2) is 4.79 Å². The monoisotopic (exact) mass is 586 g/mol. The van der Waals surface area contributed by atoms with Crippen molar-refractivity contribution in [2.45, 2.75) is 119 Å². The van der Waals surface area contributed by atoms with E-state index in [2.05, 4.69) is 60.6 Å². The van der Waals surface area contributed by atoms with Gasteiger partial charge in [-0.1, -0.05) is 78.8 Å². The highest BCUT2D eigenvalue weighted by atomic mass is 16.5. The van der Waals surface area contributed by atoms with Gasteiger partial charge in [-0.15, -0.1) is 0 Å². The van der Waals surface area contributed by atoms with Crippen molar-refractivity contribution in [2.24, 2.45) is 44.3 Å². The molecule has 0 spiro atoms. The number of ether oxygens (including phenoxy) is 2. The van der Waals surface area contributed by atoms with E-state index in [0.717, 1.165) is 38.5 Å². The lowest BCUT2D eigenvalue weighted by molar-refractivity contribution is -0.162. The molecule has 0 aliphatic heterocycles. The van der Waals surface area contributed by atoms with Crippen molar-refractivity contribution in [2.75, 3.05) is 6.61 Å². The Kier molecular flexibility index (Phi) is 7.18. The van der Waals surface area contributed by atoms with E-state index >= 15 is 0 Å². The van der Waals surface area contributed by atoms with Crippen LogP contribution in [-0.2, 0) is 14.3 Å². The lowest BCUT2D eigenvalue weighted by Crippen LogP contribution is -2.61. The number of benzene rings is 1. The average molecular weight is 587 g/mol. The number of esters is 2. The maximum Gasteiger partial charge on any atom is 0.338 e. The summed E-state index contributed by atoms with van der Waals surface area (Å²) in [4.78, 5) is 24.8. The van der Waals surface area contributed by atoms with Crippen LogP contribution in [0.5, 0.6) is 0 Å². The Morgan fingerprint density at radius 2 is 1.53 bits per heavy atom. The van der Waals surface area contributed by atoms with Crippen LogP contribution in [0.3, 0.4) is 0 Å². The SMILES string of the molecule is CC(=O)OCC1(C)CCC2(C)CCC3(C)C4=CCC5C(C)(CCC(OC(=O)c6ccccc6)C5(C)C)C4=CCC3(C)C2C1. The van der Waals surface area contributed by atoms with Gasteiger partial charge in [-0.05, 0) is 115 Å². The normalized spacial score (nSPS) is 43.0. The Labute approximate surface area is 260 Å². The van der Waals surface area contributed by atoms with Crippen LogP contribution in [0.4, 0.5) is 0 Å². The molecule has 43 heavy (non-hydrogen) atoms. The summed E-state index contributed by atoms with van der Waals surface area (Å²) >= 11 is 0. The van der Waals surface area contributed by atoms with Gasteiger partial charge >= 0.3 is 11.9 Å². The van der Waals surface area contributed by atoms with E-state index in [1.165, 1.54) is 26.2 Å². The zero-order chi connectivity index (χ0) is 31.1. The Bertz CT molecular complexity index is 1360. The van der Waals surface area contributed by atoms with E-state index in [4.69, 9.17) is 9.47 Å². The first kappa shape index (κ1) is 30.7. The summed E-state index contributed by atoms with van der Waals surface area (Å²) < 4.78 is 11.9. The van der Waals surface area contributed by atoms with E-state index in [9.17, 15) is 9.59 Å². The number of carbonyl (C=O) groups excluding carboxylic acids is 2. The molecule has 4 nitrogen and oxygen atoms in total. The van der Waals surface area contributed by atoms with Gasteiger partial charge in [-0.3, -0.25) is 4.79 Å². The van der Waals surface area contributed by atoms with Crippen molar-refractivity contribution in [3.63, 3.8) is 0 Å². The van der Waals surface area contributed by atoms with E-state index in [0.29, 0.717) is 29.4 Å². The van der Waals surface area contributed by atoms with Gasteiger partial charge in [0.2, 0.25) is 0 Å². The fourth-order valence-corrected chi connectivity index (χ4v) is 11.0. The largest absolute Gasteiger partial charge is 0.465 e. The van der Waals surface area contributed by atoms with Crippen molar-refractivity contribution in [1.29, 1.82) is 0 Å². The third kappa shape index (κ3) is 4.59. The molecular weight excluding hydrogens is 532 g/mol. The van der Waals surface area contributed by atoms with Gasteiger partial charge in [0, 0.05) is 17.8 Å². The zero-order valence-electron chi connectivity index (χ0n) is 28.0. The summed E-state index contributed by atoms with van der Waals surface area (Å²) in [5.74, 6) is 0.637. The molecule has 0 saturated heterocycles. The first-order chi connectivity index (χ1) is 20.1. The molecule has 5 aliphatic carbocycles. The van der Waals surface area contributed by atoms with Crippen LogP contribution >= 0.6 is 0 Å². The summed E-state index contributed by atoms with van der Waals surface area (Å²) in [6, 6.07) is 9.44. The summed E-state index contributed by atoms with van der Waals surface area (Å²) in [6.07, 6.45) is 15.2. The third-order valence-electron chi connectivity index (χ3n) is 14.2. The van der Waals surface area contributed by atoms with Crippen LogP contribution in [-0.4, -0.2) is 24.6 Å². The third-order valence-corrected chi connectivity index (χ3v) is 14.2. The molecule has 5 aliphatic rings. The van der Waals surface area contributed by atoms with E-state index in [1.54, 1.807) is 11.1 Å². The molecule has 6 rings (SSSR count). The van der Waals surface area contributed by atoms with Gasteiger partial charge in [0.15, 0.2) is 0 Å². The van der Waals surface area contributed by atoms with Crippen molar-refractivity contribution >= 4 is 11.9 Å². The standard InChI is InChI=1S/C39H54O4/c1-26(40)42-25-35(4)20-21-36(5)22-23-38(7)29-14-15-30-34(2,3)32(43-33(41)27-12-10-9-11-13-27)17-18-37(30,6)28(29)16-19-39(38,8)31(36)24-35/h9-14,16,30-32H,15,17-25H2,1-8H3. The molecule has 4 heteroatoms. The highest BCUT2D eigenvalue weighted by molar-refractivity contribution is 5.89. The zero-order valence-corrected chi connectivity index (χ0v) is 28.0. The smallest absolute Gasteiger partial charge is 0.338 e. The second kappa shape index (κ2) is 10.1. The quantitative estimate of drug-likeness (QED) is 0.330. The van der Waals surface area contributed by atoms with Crippen LogP contribution in [0.1, 0.15) is 124 Å². The predicted molar refractivity (Wildman–Crippen MR) is 171 cm³/mol. The molecule has 3 fully saturated rings. The molecule has 0 aromatic heterocycles. The Morgan fingerprint density at radius 1 is 0.837 bits per heavy atom. The molecular formula is C39H54O4. The first-order valence-electron chi connectivity index (χ1n) is 16.9. The molecule has 8 unspecified atom stereocenters. The Morgan fingerprint density at radius 3 is 2.23 bits per heavy atom. The van der Waals surface area contributed by atoms with Crippen LogP contribution < -0.4 is 0 Å². The van der Waals surface area contributed by atoms with Gasteiger partial charge in [0.05, 0.1) is 12.2 Å². The molecule has 1 aromatic carbocycles. The minimum absolute atomic E-state index is 0.0404. The number of fused-ring (bicyclic) bond motifs is 7. The number of carbonyl (C=O) groups is 2. The maximum atomic E-state index is 13.1. The topological polar surface area (TPSA) is 52.6 Å². The van der Waals surface area contributed by atoms with E-state index in [-0.39, 0.29) is 45.1 Å². The van der Waals surface area contributed by atoms with Crippen LogP contribution in [0.25, 0.3) is 0 Å². The van der Waals surface area contributed by atoms with Gasteiger partial charge in [0.25, 0.3) is 0 Å². The molecule has 0 N–H and O–H groups in total. The molecule has 0 bridgehead atoms. The van der Waals surface area contributed by atoms with Crippen molar-refractivity contribution < 1.29 is 19.1 Å². The Balaban J connectivity index is 1.30. The van der Waals surface area contributed by atoms with E-state index < -0.39 is 0 Å². The van der Waals surface area contributed by atoms with Crippen LogP contribution in [0.15, 0.2) is 53.6 Å². The first-order valence-corrected chi connectivity index (χ1v) is 16.9. The fourth-order valence-electron chi connectivity index (χ4n) is 11.0. The molecule has 3 saturated carbocycles. The second-order valence-electron chi connectivity index (χ2n) is 17.0. The minimum Gasteiger partial charge on any atom is -0.465 e. The van der Waals surface area contributed by atoms with Crippen molar-refractivity contribution in [3.8, 4) is 0 Å². The van der Waals surface area contributed by atoms with Crippen LogP contribution in [0.2, 0.25) is 0 Å². The van der Waals surface area contributed by atoms with Gasteiger partial charge < -0.3 is 9.47 Å². The van der Waals surface area contributed by atoms with Gasteiger partial charge in [-0.2, -0.15) is 0 Å². The van der Waals surface area contributed by atoms with Crippen molar-refractivity contribution in [1.82, 2.24) is 0 Å². The predicted octanol–water partition coefficient (Wildman–Crippen LogP) is 9.50. The number of hydrogen-bond acceptors (Lipinski definition) is 4. The number of rotatable bonds is 4. The summed E-state index contributed by atoms with van der Waals surface area (Å²) in [5.41, 5.74) is 4.44. The highest BCUT2D eigenvalue weighted by Crippen LogP contribution is 2.74. The van der Waals surface area contributed by atoms with Crippen LogP contribution in [0, 0.1) is 44.3 Å². The summed E-state index contributed by atoms with van der Waals surface area (Å²) in [6.45, 7) is 19.4. The molecule has 8 atom stereocenters.